The van der Waals surface area contributed by atoms with Gasteiger partial charge < -0.3 is 20.8 Å². The Balaban J connectivity index is 2.01. The van der Waals surface area contributed by atoms with E-state index in [2.05, 4.69) is 4.98 Å². The highest BCUT2D eigenvalue weighted by molar-refractivity contribution is 5.78. The van der Waals surface area contributed by atoms with Gasteiger partial charge in [0.05, 0.1) is 24.0 Å². The van der Waals surface area contributed by atoms with Gasteiger partial charge in [-0.3, -0.25) is 4.79 Å². The van der Waals surface area contributed by atoms with E-state index in [0.717, 1.165) is 11.0 Å². The molecule has 2 rings (SSSR count). The number of benzene rings is 1. The minimum Gasteiger partial charge on any atom is -0.399 e. The van der Waals surface area contributed by atoms with Gasteiger partial charge in [0.15, 0.2) is 0 Å². The van der Waals surface area contributed by atoms with Crippen LogP contribution in [-0.4, -0.2) is 28.7 Å². The van der Waals surface area contributed by atoms with Gasteiger partial charge in [-0.05, 0) is 18.2 Å². The lowest BCUT2D eigenvalue weighted by molar-refractivity contribution is -0.122. The molecule has 1 heterocycles. The number of imidazole rings is 1. The smallest absolute Gasteiger partial charge is 0.243 e. The third kappa shape index (κ3) is 2.73. The van der Waals surface area contributed by atoms with Crippen molar-refractivity contribution in [2.24, 2.45) is 5.73 Å². The molecule has 90 valence electrons. The zero-order valence-corrected chi connectivity index (χ0v) is 9.30. The van der Waals surface area contributed by atoms with Crippen LogP contribution in [0.5, 0.6) is 0 Å². The zero-order valence-electron chi connectivity index (χ0n) is 9.30. The maximum Gasteiger partial charge on any atom is 0.243 e. The number of carbonyl (C=O) groups excluding carboxylic acids is 1. The van der Waals surface area contributed by atoms with Crippen LogP contribution in [0.15, 0.2) is 24.5 Å². The van der Waals surface area contributed by atoms with Crippen LogP contribution in [0.25, 0.3) is 11.0 Å². The molecule has 4 N–H and O–H groups in total. The number of nitrogens with two attached hydrogens (primary N) is 2. The van der Waals surface area contributed by atoms with E-state index in [-0.39, 0.29) is 6.61 Å². The number of hydrogen-bond donors (Lipinski definition) is 2. The predicted molar refractivity (Wildman–Crippen MR) is 64.2 cm³/mol. The minimum atomic E-state index is -0.465. The fourth-order valence-corrected chi connectivity index (χ4v) is 1.59. The van der Waals surface area contributed by atoms with Crippen molar-refractivity contribution < 1.29 is 9.53 Å². The van der Waals surface area contributed by atoms with E-state index in [1.165, 1.54) is 0 Å². The van der Waals surface area contributed by atoms with Crippen molar-refractivity contribution in [3.63, 3.8) is 0 Å². The zero-order chi connectivity index (χ0) is 12.3. The number of nitrogens with zero attached hydrogens (tertiary/aromatic N) is 2. The van der Waals surface area contributed by atoms with Crippen molar-refractivity contribution in [1.29, 1.82) is 0 Å². The summed E-state index contributed by atoms with van der Waals surface area (Å²) in [5.74, 6) is -0.465. The standard InChI is InChI=1S/C11H14N4O2/c12-8-1-2-10-9(5-8)14-7-15(10)3-4-17-6-11(13)16/h1-2,5,7H,3-4,6,12H2,(H2,13,16). The summed E-state index contributed by atoms with van der Waals surface area (Å²) < 4.78 is 7.03. The number of hydrogen-bond acceptors (Lipinski definition) is 4. The summed E-state index contributed by atoms with van der Waals surface area (Å²) >= 11 is 0. The lowest BCUT2D eigenvalue weighted by atomic mass is 10.3. The van der Waals surface area contributed by atoms with Gasteiger partial charge in [-0.25, -0.2) is 4.98 Å². The highest BCUT2D eigenvalue weighted by atomic mass is 16.5. The van der Waals surface area contributed by atoms with E-state index in [0.29, 0.717) is 18.8 Å². The van der Waals surface area contributed by atoms with Gasteiger partial charge in [0.2, 0.25) is 5.91 Å². The Hall–Kier alpha value is -2.08. The number of carbonyl (C=O) groups is 1. The van der Waals surface area contributed by atoms with Crippen LogP contribution in [0.3, 0.4) is 0 Å². The van der Waals surface area contributed by atoms with E-state index in [9.17, 15) is 4.79 Å². The molecule has 0 aliphatic rings. The second-order valence-corrected chi connectivity index (χ2v) is 3.71. The van der Waals surface area contributed by atoms with Crippen LogP contribution in [0.1, 0.15) is 0 Å². The fourth-order valence-electron chi connectivity index (χ4n) is 1.59. The molecule has 6 nitrogen and oxygen atoms in total. The van der Waals surface area contributed by atoms with Crippen molar-refractivity contribution in [2.75, 3.05) is 18.9 Å². The van der Waals surface area contributed by atoms with Crippen molar-refractivity contribution in [1.82, 2.24) is 9.55 Å². The molecule has 1 aromatic heterocycles. The summed E-state index contributed by atoms with van der Waals surface area (Å²) in [6.45, 7) is 0.978. The average Bonchev–Trinajstić information content (AvgIpc) is 2.66. The predicted octanol–water partition coefficient (Wildman–Crippen LogP) is 0.120. The van der Waals surface area contributed by atoms with Gasteiger partial charge in [-0.1, -0.05) is 0 Å². The molecule has 1 amide bonds. The fraction of sp³-hybridized carbons (Fsp3) is 0.273. The Morgan fingerprint density at radius 3 is 3.06 bits per heavy atom. The minimum absolute atomic E-state index is 0.0560. The molecule has 0 radical (unpaired) electrons. The molecule has 0 aliphatic heterocycles. The number of anilines is 1. The number of fused-ring (bicyclic) bond motifs is 1. The van der Waals surface area contributed by atoms with E-state index in [1.54, 1.807) is 6.33 Å². The topological polar surface area (TPSA) is 96.2 Å². The third-order valence-corrected chi connectivity index (χ3v) is 2.37. The second-order valence-electron chi connectivity index (χ2n) is 3.71. The van der Waals surface area contributed by atoms with E-state index >= 15 is 0 Å². The molecular formula is C11H14N4O2. The summed E-state index contributed by atoms with van der Waals surface area (Å²) in [7, 11) is 0. The number of rotatable bonds is 5. The first kappa shape index (κ1) is 11.4. The molecule has 0 saturated heterocycles. The molecule has 17 heavy (non-hydrogen) atoms. The summed E-state index contributed by atoms with van der Waals surface area (Å²) in [5, 5.41) is 0. The van der Waals surface area contributed by atoms with Gasteiger partial charge in [-0.2, -0.15) is 0 Å². The lowest BCUT2D eigenvalue weighted by Gasteiger charge is -2.04. The van der Waals surface area contributed by atoms with Gasteiger partial charge in [0.25, 0.3) is 0 Å². The Bertz CT molecular complexity index is 535. The number of ether oxygens (including phenoxy) is 1. The normalized spacial score (nSPS) is 10.8. The number of amides is 1. The Kier molecular flexibility index (Phi) is 3.24. The summed E-state index contributed by atoms with van der Waals surface area (Å²) in [5.41, 5.74) is 13.1. The van der Waals surface area contributed by atoms with Gasteiger partial charge in [-0.15, -0.1) is 0 Å². The summed E-state index contributed by atoms with van der Waals surface area (Å²) in [6.07, 6.45) is 1.72. The number of nitrogen functional groups attached to an aromatic ring is 1. The van der Waals surface area contributed by atoms with Crippen molar-refractivity contribution >= 4 is 22.6 Å². The van der Waals surface area contributed by atoms with Crippen molar-refractivity contribution in [3.8, 4) is 0 Å². The molecule has 0 saturated carbocycles. The highest BCUT2D eigenvalue weighted by Gasteiger charge is 2.02. The van der Waals surface area contributed by atoms with Crippen molar-refractivity contribution in [3.05, 3.63) is 24.5 Å². The van der Waals surface area contributed by atoms with Gasteiger partial charge >= 0.3 is 0 Å². The molecule has 0 bridgehead atoms. The molecule has 0 spiro atoms. The van der Waals surface area contributed by atoms with E-state index in [4.69, 9.17) is 16.2 Å². The summed E-state index contributed by atoms with van der Waals surface area (Å²) in [6, 6.07) is 5.55. The Morgan fingerprint density at radius 2 is 2.29 bits per heavy atom. The first-order valence-electron chi connectivity index (χ1n) is 5.23. The molecular weight excluding hydrogens is 220 g/mol. The first-order valence-corrected chi connectivity index (χ1v) is 5.23. The summed E-state index contributed by atoms with van der Waals surface area (Å²) in [4.78, 5) is 14.7. The van der Waals surface area contributed by atoms with Crippen LogP contribution >= 0.6 is 0 Å². The molecule has 6 heteroatoms. The first-order chi connectivity index (χ1) is 8.16. The second kappa shape index (κ2) is 4.84. The SMILES string of the molecule is NC(=O)COCCn1cnc2cc(N)ccc21. The Morgan fingerprint density at radius 1 is 1.47 bits per heavy atom. The molecule has 1 aromatic carbocycles. The molecule has 0 aliphatic carbocycles. The molecule has 0 atom stereocenters. The monoisotopic (exact) mass is 234 g/mol. The molecule has 0 fully saturated rings. The van der Waals surface area contributed by atoms with Gasteiger partial charge in [0.1, 0.15) is 6.61 Å². The largest absolute Gasteiger partial charge is 0.399 e. The molecule has 2 aromatic rings. The van der Waals surface area contributed by atoms with Crippen LogP contribution in [0, 0.1) is 0 Å². The van der Waals surface area contributed by atoms with E-state index < -0.39 is 5.91 Å². The Labute approximate surface area is 98.2 Å². The average molecular weight is 234 g/mol. The van der Waals surface area contributed by atoms with Crippen LogP contribution in [0.2, 0.25) is 0 Å². The maximum absolute atomic E-state index is 10.5. The number of aromatic nitrogens is 2. The van der Waals surface area contributed by atoms with Crippen LogP contribution < -0.4 is 11.5 Å². The van der Waals surface area contributed by atoms with Crippen molar-refractivity contribution in [2.45, 2.75) is 6.54 Å². The van der Waals surface area contributed by atoms with E-state index in [1.807, 2.05) is 22.8 Å². The van der Waals surface area contributed by atoms with Crippen LogP contribution in [0.4, 0.5) is 5.69 Å². The highest BCUT2D eigenvalue weighted by Crippen LogP contribution is 2.15. The quantitative estimate of drug-likeness (QED) is 0.567. The third-order valence-electron chi connectivity index (χ3n) is 2.37. The number of primary amides is 1. The van der Waals surface area contributed by atoms with Crippen LogP contribution in [-0.2, 0) is 16.1 Å². The lowest BCUT2D eigenvalue weighted by Crippen LogP contribution is -2.19. The molecule has 0 unspecified atom stereocenters. The van der Waals surface area contributed by atoms with Gasteiger partial charge in [0, 0.05) is 12.2 Å². The maximum atomic E-state index is 10.5.